The Kier molecular flexibility index (Phi) is 30.1. The molecule has 0 spiro atoms. The third-order valence-electron chi connectivity index (χ3n) is 24.8. The second-order valence-corrected chi connectivity index (χ2v) is 44.4. The Balaban J connectivity index is 1.07. The summed E-state index contributed by atoms with van der Waals surface area (Å²) < 4.78 is 0. The van der Waals surface area contributed by atoms with Crippen LogP contribution in [0.25, 0.3) is 0 Å². The highest BCUT2D eigenvalue weighted by Crippen LogP contribution is 2.42. The topological polar surface area (TPSA) is 244 Å². The van der Waals surface area contributed by atoms with E-state index in [9.17, 15) is 0 Å². The Morgan fingerprint density at radius 1 is 0.254 bits per heavy atom. The van der Waals surface area contributed by atoms with Crippen LogP contribution in [0.3, 0.4) is 0 Å². The van der Waals surface area contributed by atoms with Crippen LogP contribution < -0.4 is 77.3 Å². The lowest BCUT2D eigenvalue weighted by Gasteiger charge is -2.50. The number of piperidine rings is 6. The van der Waals surface area contributed by atoms with Crippen molar-refractivity contribution in [1.29, 1.82) is 0 Å². The lowest BCUT2D eigenvalue weighted by molar-refractivity contribution is 0.156. The first-order chi connectivity index (χ1) is 52.9. The van der Waals surface area contributed by atoms with Crippen molar-refractivity contribution >= 4 is 53.5 Å². The van der Waals surface area contributed by atoms with Crippen molar-refractivity contribution in [2.45, 2.75) is 458 Å². The molecule has 9 N–H and O–H groups in total. The van der Waals surface area contributed by atoms with Crippen LogP contribution in [0.4, 0.5) is 53.5 Å². The fraction of sp³-hybridized carbons (Fsp3) is 0.900. The number of hydrogen-bond acceptors (Lipinski definition) is 24. The van der Waals surface area contributed by atoms with E-state index in [1.54, 1.807) is 0 Å². The van der Waals surface area contributed by atoms with E-state index >= 15 is 0 Å². The van der Waals surface area contributed by atoms with E-state index < -0.39 is 0 Å². The SMILES string of the molecule is CCCN(c1nc(NCCCCC(CCCNc2nc(N(CCC)C3CC(C)(C)NC(C)(C)C3)nc(N(CCC)C3CC(C)(C)NC(C)(C)C3)n2)CNc2nc(N(CCC)C3CC(C)(C)NC(C)(C)C3)nc(N(CCC)C3CC(C)(C)NC(C)(C)C3)n2)nc(N(CCC)C2CC(C)(C)NC(C)(C)C2)n1)C1CC(C)(C)NC(C)(C)C1. The largest absolute Gasteiger partial charge is 0.354 e. The van der Waals surface area contributed by atoms with Gasteiger partial charge in [0.2, 0.25) is 53.5 Å². The lowest BCUT2D eigenvalue weighted by Crippen LogP contribution is -2.63. The van der Waals surface area contributed by atoms with Gasteiger partial charge in [-0.2, -0.15) is 44.9 Å². The molecule has 0 saturated carbocycles. The average Bonchev–Trinajstić information content (AvgIpc) is 0.779. The van der Waals surface area contributed by atoms with Gasteiger partial charge in [-0.25, -0.2) is 0 Å². The minimum absolute atomic E-state index is 0.0494. The maximum atomic E-state index is 5.66. The summed E-state index contributed by atoms with van der Waals surface area (Å²) in [4.78, 5) is 65.2. The second kappa shape index (κ2) is 36.9. The first-order valence-corrected chi connectivity index (χ1v) is 45.7. The van der Waals surface area contributed by atoms with E-state index in [2.05, 4.69) is 285 Å². The number of nitrogens with one attached hydrogen (secondary N) is 9. The molecule has 6 saturated heterocycles. The third kappa shape index (κ3) is 26.5. The monoisotopic (exact) mass is 1590 g/mol. The zero-order chi connectivity index (χ0) is 84.1. The maximum absolute atomic E-state index is 5.66. The summed E-state index contributed by atoms with van der Waals surface area (Å²) in [6.45, 7) is 77.6. The molecule has 0 aromatic carbocycles. The van der Waals surface area contributed by atoms with Gasteiger partial charge >= 0.3 is 0 Å². The van der Waals surface area contributed by atoms with Crippen LogP contribution in [-0.4, -0.2) is 206 Å². The molecule has 0 amide bonds. The van der Waals surface area contributed by atoms with Gasteiger partial charge in [-0.15, -0.1) is 0 Å². The van der Waals surface area contributed by atoms with E-state index in [0.717, 1.165) is 229 Å². The molecule has 3 aromatic rings. The summed E-state index contributed by atoms with van der Waals surface area (Å²) in [5, 5.41) is 35.6. The number of nitrogens with zero attached hydrogens (tertiary/aromatic N) is 15. The standard InChI is InChI=1S/C90H170N24/c1-31-44-109(64-50-79(7,8)103-80(9,10)51-64)73-94-70(95-74(100-73)110(45-32-2)65-52-81(11,12)104-82(13,14)53-65)91-42-38-37-40-63(62-93-72-98-77(113(48-35-5)68-58-87(23,24)107-88(25,26)59-68)102-78(99-72)114(49-36-6)69-60-89(27,28)108-90(29,30)61-69)41-39-43-92-71-96-75(111(46-33-3)66-54-83(15,16)105-84(17,18)55-66)101-76(97-71)112(47-34-4)67-56-85(19,20)106-86(21,22)57-67/h63-69,103-108H,31-62H2,1-30H3,(H,91,94,95,100)(H,92,96,97,101)(H,93,98,99,102). The van der Waals surface area contributed by atoms with Gasteiger partial charge in [0.25, 0.3) is 0 Å². The normalized spacial score (nSPS) is 23.3. The molecule has 650 valence electrons. The van der Waals surface area contributed by atoms with Crippen molar-refractivity contribution in [3.8, 4) is 0 Å². The van der Waals surface area contributed by atoms with Gasteiger partial charge in [0.1, 0.15) is 0 Å². The second-order valence-electron chi connectivity index (χ2n) is 44.4. The van der Waals surface area contributed by atoms with Gasteiger partial charge in [-0.1, -0.05) is 48.0 Å². The minimum Gasteiger partial charge on any atom is -0.354 e. The fourth-order valence-corrected chi connectivity index (χ4v) is 23.1. The van der Waals surface area contributed by atoms with Gasteiger partial charge in [-0.05, 0) is 313 Å². The molecule has 3 aromatic heterocycles. The van der Waals surface area contributed by atoms with Crippen molar-refractivity contribution in [2.75, 3.05) is 104 Å². The zero-order valence-electron chi connectivity index (χ0n) is 78.4. The molecule has 0 radical (unpaired) electrons. The summed E-state index contributed by atoms with van der Waals surface area (Å²) in [6.07, 6.45) is 22.6. The molecule has 0 bridgehead atoms. The van der Waals surface area contributed by atoms with E-state index in [-0.39, 0.29) is 109 Å². The van der Waals surface area contributed by atoms with Crippen molar-refractivity contribution in [3.63, 3.8) is 0 Å². The molecule has 24 nitrogen and oxygen atoms in total. The molecule has 6 aliphatic heterocycles. The molecule has 1 atom stereocenters. The zero-order valence-corrected chi connectivity index (χ0v) is 78.4. The fourth-order valence-electron chi connectivity index (χ4n) is 23.1. The van der Waals surface area contributed by atoms with E-state index in [1.807, 2.05) is 0 Å². The van der Waals surface area contributed by atoms with Crippen molar-refractivity contribution in [3.05, 3.63) is 0 Å². The summed E-state index contributed by atoms with van der Waals surface area (Å²) >= 11 is 0. The summed E-state index contributed by atoms with van der Waals surface area (Å²) in [5.41, 5.74) is -0.687. The number of rotatable bonds is 38. The van der Waals surface area contributed by atoms with Gasteiger partial charge < -0.3 is 77.3 Å². The molecule has 9 rings (SSSR count). The van der Waals surface area contributed by atoms with Crippen LogP contribution in [0.5, 0.6) is 0 Å². The van der Waals surface area contributed by atoms with Crippen LogP contribution in [0.2, 0.25) is 0 Å². The van der Waals surface area contributed by atoms with E-state index in [1.165, 1.54) is 0 Å². The molecule has 6 fully saturated rings. The molecule has 6 aliphatic rings. The Morgan fingerprint density at radius 2 is 0.430 bits per heavy atom. The highest BCUT2D eigenvalue weighted by molar-refractivity contribution is 5.51. The number of unbranched alkanes of at least 4 members (excludes halogenated alkanes) is 1. The minimum atomic E-state index is -0.0668. The summed E-state index contributed by atoms with van der Waals surface area (Å²) in [7, 11) is 0. The molecular formula is C90H170N24. The quantitative estimate of drug-likeness (QED) is 0.0242. The molecule has 9 heterocycles. The average molecular weight is 1590 g/mol. The van der Waals surface area contributed by atoms with Gasteiger partial charge in [0, 0.05) is 162 Å². The van der Waals surface area contributed by atoms with Crippen LogP contribution in [0.1, 0.15) is 355 Å². The lowest BCUT2D eigenvalue weighted by atomic mass is 9.79. The molecule has 1 unspecified atom stereocenters. The molecule has 114 heavy (non-hydrogen) atoms. The number of hydrogen-bond donors (Lipinski definition) is 9. The molecular weight excluding hydrogens is 1420 g/mol. The predicted molar refractivity (Wildman–Crippen MR) is 483 cm³/mol. The van der Waals surface area contributed by atoms with Crippen LogP contribution in [0.15, 0.2) is 0 Å². The van der Waals surface area contributed by atoms with Crippen LogP contribution >= 0.6 is 0 Å². The first kappa shape index (κ1) is 92.9. The van der Waals surface area contributed by atoms with Gasteiger partial charge in [0.05, 0.1) is 0 Å². The van der Waals surface area contributed by atoms with Crippen LogP contribution in [-0.2, 0) is 0 Å². The Hall–Kier alpha value is -5.01. The smallest absolute Gasteiger partial charge is 0.232 e. The summed E-state index contributed by atoms with van der Waals surface area (Å²) in [6, 6.07) is 1.50. The summed E-state index contributed by atoms with van der Waals surface area (Å²) in [5.74, 6) is 6.94. The van der Waals surface area contributed by atoms with E-state index in [0.29, 0.717) is 30.9 Å². The predicted octanol–water partition coefficient (Wildman–Crippen LogP) is 16.6. The van der Waals surface area contributed by atoms with Crippen LogP contribution in [0, 0.1) is 5.92 Å². The highest BCUT2D eigenvalue weighted by Gasteiger charge is 2.48. The number of aromatic nitrogens is 9. The van der Waals surface area contributed by atoms with Gasteiger partial charge in [0.15, 0.2) is 0 Å². The third-order valence-corrected chi connectivity index (χ3v) is 24.8. The van der Waals surface area contributed by atoms with Crippen molar-refractivity contribution < 1.29 is 0 Å². The highest BCUT2D eigenvalue weighted by atomic mass is 15.4. The van der Waals surface area contributed by atoms with Gasteiger partial charge in [-0.3, -0.25) is 0 Å². The Bertz CT molecular complexity index is 3230. The van der Waals surface area contributed by atoms with E-state index in [4.69, 9.17) is 44.9 Å². The molecule has 0 aliphatic carbocycles. The Morgan fingerprint density at radius 3 is 0.623 bits per heavy atom. The molecule has 24 heteroatoms. The first-order valence-electron chi connectivity index (χ1n) is 45.7. The van der Waals surface area contributed by atoms with Crippen molar-refractivity contribution in [2.24, 2.45) is 5.92 Å². The maximum Gasteiger partial charge on any atom is 0.232 e. The number of anilines is 9. The van der Waals surface area contributed by atoms with Crippen molar-refractivity contribution in [1.82, 2.24) is 76.8 Å². The Labute approximate surface area is 695 Å².